The number of halogens is 4. The van der Waals surface area contributed by atoms with Gasteiger partial charge in [0.1, 0.15) is 16.5 Å². The van der Waals surface area contributed by atoms with E-state index >= 15 is 0 Å². The Kier molecular flexibility index (Phi) is 4.01. The molecular weight excluding hydrogens is 351 g/mol. The van der Waals surface area contributed by atoms with Crippen LogP contribution in [-0.2, 0) is 16.4 Å². The van der Waals surface area contributed by atoms with E-state index in [1.54, 1.807) is 0 Å². The van der Waals surface area contributed by atoms with Crippen LogP contribution in [0.4, 0.5) is 18.9 Å². The Bertz CT molecular complexity index is 887. The monoisotopic (exact) mass is 361 g/mol. The number of nitrogens with zero attached hydrogens (tertiary/aromatic N) is 1. The molecule has 1 aliphatic rings. The van der Waals surface area contributed by atoms with Gasteiger partial charge in [-0.3, -0.25) is 4.31 Å². The fraction of sp³-hybridized carbons (Fsp3) is 0.200. The molecule has 0 radical (unpaired) electrons. The molecule has 0 N–H and O–H groups in total. The smallest absolute Gasteiger partial charge is 0.263 e. The highest BCUT2D eigenvalue weighted by Gasteiger charge is 2.33. The summed E-state index contributed by atoms with van der Waals surface area (Å²) in [4.78, 5) is -0.322. The van der Waals surface area contributed by atoms with Crippen molar-refractivity contribution in [2.75, 3.05) is 10.8 Å². The van der Waals surface area contributed by atoms with E-state index in [4.69, 9.17) is 11.6 Å². The van der Waals surface area contributed by atoms with E-state index in [1.165, 1.54) is 0 Å². The largest absolute Gasteiger partial charge is 0.265 e. The zero-order valence-electron chi connectivity index (χ0n) is 11.7. The SMILES string of the molecule is O=S(=O)(c1ccc(F)cc1Cl)N1CCCc2cc(F)cc(F)c21. The van der Waals surface area contributed by atoms with Gasteiger partial charge in [-0.15, -0.1) is 0 Å². The van der Waals surface area contributed by atoms with Crippen molar-refractivity contribution in [2.45, 2.75) is 17.7 Å². The summed E-state index contributed by atoms with van der Waals surface area (Å²) in [5.41, 5.74) is 0.0913. The molecule has 0 amide bonds. The van der Waals surface area contributed by atoms with E-state index < -0.39 is 27.5 Å². The number of fused-ring (bicyclic) bond motifs is 1. The summed E-state index contributed by atoms with van der Waals surface area (Å²) < 4.78 is 67.0. The summed E-state index contributed by atoms with van der Waals surface area (Å²) in [7, 11) is -4.19. The zero-order chi connectivity index (χ0) is 16.8. The fourth-order valence-electron chi connectivity index (χ4n) is 2.66. The van der Waals surface area contributed by atoms with Gasteiger partial charge in [-0.25, -0.2) is 21.6 Å². The lowest BCUT2D eigenvalue weighted by Gasteiger charge is -2.31. The maximum absolute atomic E-state index is 14.2. The minimum absolute atomic E-state index is 0.0333. The Balaban J connectivity index is 2.17. The average Bonchev–Trinajstić information content (AvgIpc) is 2.45. The summed E-state index contributed by atoms with van der Waals surface area (Å²) in [6.07, 6.45) is 0.779. The van der Waals surface area contributed by atoms with Crippen molar-refractivity contribution >= 4 is 27.3 Å². The van der Waals surface area contributed by atoms with Gasteiger partial charge in [-0.1, -0.05) is 11.6 Å². The first-order valence-corrected chi connectivity index (χ1v) is 8.58. The molecule has 8 heteroatoms. The van der Waals surface area contributed by atoms with Gasteiger partial charge in [0.05, 0.1) is 10.7 Å². The van der Waals surface area contributed by atoms with Crippen molar-refractivity contribution in [3.8, 4) is 0 Å². The normalized spacial score (nSPS) is 14.7. The number of rotatable bonds is 2. The number of aryl methyl sites for hydroxylation is 1. The Morgan fingerprint density at radius 1 is 1.04 bits per heavy atom. The maximum atomic E-state index is 14.2. The van der Waals surface area contributed by atoms with Crippen LogP contribution in [-0.4, -0.2) is 15.0 Å². The van der Waals surface area contributed by atoms with Gasteiger partial charge in [0.25, 0.3) is 10.0 Å². The lowest BCUT2D eigenvalue weighted by atomic mass is 10.0. The molecule has 0 saturated heterocycles. The molecule has 1 aliphatic heterocycles. The van der Waals surface area contributed by atoms with Gasteiger partial charge in [0.2, 0.25) is 0 Å². The van der Waals surface area contributed by atoms with Crippen molar-refractivity contribution in [1.82, 2.24) is 0 Å². The first-order chi connectivity index (χ1) is 10.8. The van der Waals surface area contributed by atoms with Crippen LogP contribution in [0.15, 0.2) is 35.2 Å². The van der Waals surface area contributed by atoms with E-state index in [0.29, 0.717) is 18.9 Å². The molecule has 0 atom stereocenters. The second kappa shape index (κ2) is 5.72. The summed E-state index contributed by atoms with van der Waals surface area (Å²) >= 11 is 5.83. The van der Waals surface area contributed by atoms with Crippen LogP contribution in [0.3, 0.4) is 0 Å². The molecule has 0 aliphatic carbocycles. The molecular formula is C15H11ClF3NO2S. The summed E-state index contributed by atoms with van der Waals surface area (Å²) in [6, 6.07) is 4.62. The van der Waals surface area contributed by atoms with Gasteiger partial charge in [-0.05, 0) is 42.7 Å². The molecule has 23 heavy (non-hydrogen) atoms. The van der Waals surface area contributed by atoms with Gasteiger partial charge >= 0.3 is 0 Å². The van der Waals surface area contributed by atoms with Crippen LogP contribution in [0, 0.1) is 17.5 Å². The number of sulfonamides is 1. The molecule has 0 bridgehead atoms. The molecule has 2 aromatic carbocycles. The molecule has 0 saturated carbocycles. The quantitative estimate of drug-likeness (QED) is 0.813. The molecule has 0 unspecified atom stereocenters. The Morgan fingerprint density at radius 2 is 1.78 bits per heavy atom. The third kappa shape index (κ3) is 2.79. The third-order valence-electron chi connectivity index (χ3n) is 3.63. The van der Waals surface area contributed by atoms with E-state index in [-0.39, 0.29) is 27.7 Å². The van der Waals surface area contributed by atoms with Crippen LogP contribution in [0.25, 0.3) is 0 Å². The van der Waals surface area contributed by atoms with Crippen LogP contribution in [0.2, 0.25) is 5.02 Å². The highest BCUT2D eigenvalue weighted by Crippen LogP contribution is 2.36. The van der Waals surface area contributed by atoms with E-state index in [1.807, 2.05) is 0 Å². The Labute approximate surface area is 136 Å². The molecule has 0 aromatic heterocycles. The summed E-state index contributed by atoms with van der Waals surface area (Å²) in [5, 5.41) is -0.292. The van der Waals surface area contributed by atoms with Crippen LogP contribution >= 0.6 is 11.6 Å². The van der Waals surface area contributed by atoms with E-state index in [0.717, 1.165) is 28.6 Å². The Morgan fingerprint density at radius 3 is 2.48 bits per heavy atom. The zero-order valence-corrected chi connectivity index (χ0v) is 13.3. The summed E-state index contributed by atoms with van der Waals surface area (Å²) in [6.45, 7) is 0.0333. The second-order valence-electron chi connectivity index (χ2n) is 5.15. The molecule has 122 valence electrons. The Hall–Kier alpha value is -1.73. The third-order valence-corrected chi connectivity index (χ3v) is 5.91. The summed E-state index contributed by atoms with van der Waals surface area (Å²) in [5.74, 6) is -2.40. The number of anilines is 1. The first kappa shape index (κ1) is 16.1. The number of benzene rings is 2. The molecule has 3 rings (SSSR count). The number of hydrogen-bond acceptors (Lipinski definition) is 2. The predicted molar refractivity (Wildman–Crippen MR) is 80.6 cm³/mol. The van der Waals surface area contributed by atoms with Crippen molar-refractivity contribution in [3.05, 3.63) is 58.4 Å². The van der Waals surface area contributed by atoms with E-state index in [2.05, 4.69) is 0 Å². The molecule has 1 heterocycles. The average molecular weight is 362 g/mol. The lowest BCUT2D eigenvalue weighted by molar-refractivity contribution is 0.561. The predicted octanol–water partition coefficient (Wildman–Crippen LogP) is 3.90. The number of hydrogen-bond donors (Lipinski definition) is 0. The highest BCUT2D eigenvalue weighted by molar-refractivity contribution is 7.93. The van der Waals surface area contributed by atoms with Crippen molar-refractivity contribution in [3.63, 3.8) is 0 Å². The van der Waals surface area contributed by atoms with Crippen LogP contribution < -0.4 is 4.31 Å². The second-order valence-corrected chi connectivity index (χ2v) is 7.39. The maximum Gasteiger partial charge on any atom is 0.265 e. The molecule has 2 aromatic rings. The van der Waals surface area contributed by atoms with Crippen molar-refractivity contribution < 1.29 is 21.6 Å². The van der Waals surface area contributed by atoms with Gasteiger partial charge in [0.15, 0.2) is 5.82 Å². The van der Waals surface area contributed by atoms with Gasteiger partial charge in [0, 0.05) is 12.6 Å². The van der Waals surface area contributed by atoms with Crippen LogP contribution in [0.5, 0.6) is 0 Å². The lowest BCUT2D eigenvalue weighted by Crippen LogP contribution is -2.36. The first-order valence-electron chi connectivity index (χ1n) is 6.76. The van der Waals surface area contributed by atoms with Gasteiger partial charge < -0.3 is 0 Å². The molecule has 0 fully saturated rings. The van der Waals surface area contributed by atoms with E-state index in [9.17, 15) is 21.6 Å². The van der Waals surface area contributed by atoms with Crippen molar-refractivity contribution in [1.29, 1.82) is 0 Å². The highest BCUT2D eigenvalue weighted by atomic mass is 35.5. The molecule has 0 spiro atoms. The van der Waals surface area contributed by atoms with Gasteiger partial charge in [-0.2, -0.15) is 0 Å². The standard InChI is InChI=1S/C15H11ClF3NO2S/c16-12-7-10(17)3-4-14(12)23(21,22)20-5-1-2-9-6-11(18)8-13(19)15(9)20/h3-4,6-8H,1-2,5H2. The minimum Gasteiger partial charge on any atom is -0.263 e. The topological polar surface area (TPSA) is 37.4 Å². The van der Waals surface area contributed by atoms with Crippen molar-refractivity contribution in [2.24, 2.45) is 0 Å². The van der Waals surface area contributed by atoms with Crippen LogP contribution in [0.1, 0.15) is 12.0 Å². The molecule has 3 nitrogen and oxygen atoms in total. The fourth-order valence-corrected chi connectivity index (χ4v) is 4.71. The minimum atomic E-state index is -4.19.